The molecular weight excluding hydrogens is 336 g/mol. The molecule has 0 atom stereocenters. The third-order valence-electron chi connectivity index (χ3n) is 3.14. The molecule has 0 unspecified atom stereocenters. The Hall–Kier alpha value is -2.55. The summed E-state index contributed by atoms with van der Waals surface area (Å²) < 4.78 is 9.90. The van der Waals surface area contributed by atoms with Gasteiger partial charge in [0.25, 0.3) is 11.1 Å². The molecule has 1 N–H and O–H groups in total. The maximum absolute atomic E-state index is 11.8. The normalized spacial score (nSPS) is 13.8. The number of thioether (sulfide) groups is 1. The number of methoxy groups -OCH3 is 1. The Bertz CT molecular complexity index is 647. The van der Waals surface area contributed by atoms with Crippen LogP contribution in [0.15, 0.2) is 24.3 Å². The van der Waals surface area contributed by atoms with E-state index in [9.17, 15) is 19.2 Å². The number of nitrogens with zero attached hydrogens (tertiary/aromatic N) is 1. The zero-order valence-corrected chi connectivity index (χ0v) is 13.8. The van der Waals surface area contributed by atoms with Crippen molar-refractivity contribution in [3.63, 3.8) is 0 Å². The van der Waals surface area contributed by atoms with E-state index in [-0.39, 0.29) is 35.6 Å². The lowest BCUT2D eigenvalue weighted by Gasteiger charge is -2.13. The molecule has 1 fully saturated rings. The van der Waals surface area contributed by atoms with Gasteiger partial charge >= 0.3 is 5.97 Å². The Kier molecular flexibility index (Phi) is 6.19. The molecule has 0 aliphatic carbocycles. The van der Waals surface area contributed by atoms with E-state index in [0.717, 1.165) is 16.7 Å². The summed E-state index contributed by atoms with van der Waals surface area (Å²) in [6.07, 6.45) is 0. The van der Waals surface area contributed by atoms with Gasteiger partial charge in [-0.1, -0.05) is 17.8 Å². The Balaban J connectivity index is 1.71. The molecule has 1 aliphatic rings. The topological polar surface area (TPSA) is 102 Å². The van der Waals surface area contributed by atoms with Gasteiger partial charge < -0.3 is 14.8 Å². The van der Waals surface area contributed by atoms with Crippen LogP contribution >= 0.6 is 11.8 Å². The first-order valence-electron chi connectivity index (χ1n) is 7.06. The number of rotatable bonds is 7. The highest BCUT2D eigenvalue weighted by Gasteiger charge is 2.29. The number of carbonyl (C=O) groups excluding carboxylic acids is 4. The van der Waals surface area contributed by atoms with Crippen LogP contribution in [-0.2, 0) is 14.3 Å². The average Bonchev–Trinajstić information content (AvgIpc) is 2.91. The molecule has 128 valence electrons. The maximum atomic E-state index is 11.8. The third-order valence-corrected chi connectivity index (χ3v) is 4.00. The first-order chi connectivity index (χ1) is 11.5. The maximum Gasteiger partial charge on any atom is 0.338 e. The fourth-order valence-corrected chi connectivity index (χ4v) is 2.67. The standard InChI is InChI=1S/C15H16N2O6S/c1-22-11-4-2-3-10(7-11)14(20)23-8-12(18)16-5-6-17-13(19)9-24-15(17)21/h2-4,7H,5-6,8-9H2,1H3,(H,16,18). The molecule has 0 saturated carbocycles. The van der Waals surface area contributed by atoms with Crippen LogP contribution in [0.1, 0.15) is 10.4 Å². The highest BCUT2D eigenvalue weighted by Crippen LogP contribution is 2.17. The number of esters is 1. The summed E-state index contributed by atoms with van der Waals surface area (Å²) >= 11 is 0.932. The molecule has 0 radical (unpaired) electrons. The number of imide groups is 1. The van der Waals surface area contributed by atoms with Gasteiger partial charge in [0.2, 0.25) is 5.91 Å². The summed E-state index contributed by atoms with van der Waals surface area (Å²) in [5.74, 6) is -0.802. The van der Waals surface area contributed by atoms with Crippen LogP contribution in [0.2, 0.25) is 0 Å². The lowest BCUT2D eigenvalue weighted by atomic mass is 10.2. The number of ether oxygens (including phenoxy) is 2. The second kappa shape index (κ2) is 8.34. The van der Waals surface area contributed by atoms with Crippen LogP contribution in [0.5, 0.6) is 5.75 Å². The summed E-state index contributed by atoms with van der Waals surface area (Å²) in [6.45, 7) is -0.249. The van der Waals surface area contributed by atoms with Gasteiger partial charge in [0, 0.05) is 13.1 Å². The minimum absolute atomic E-state index is 0.0975. The quantitative estimate of drug-likeness (QED) is 0.719. The molecular formula is C15H16N2O6S. The van der Waals surface area contributed by atoms with Gasteiger partial charge in [-0.3, -0.25) is 19.3 Å². The van der Waals surface area contributed by atoms with Crippen molar-refractivity contribution in [1.82, 2.24) is 10.2 Å². The molecule has 8 nitrogen and oxygen atoms in total. The number of nitrogens with one attached hydrogen (secondary N) is 1. The third kappa shape index (κ3) is 4.72. The minimum atomic E-state index is -0.648. The van der Waals surface area contributed by atoms with Crippen molar-refractivity contribution in [2.24, 2.45) is 0 Å². The van der Waals surface area contributed by atoms with E-state index in [0.29, 0.717) is 5.75 Å². The summed E-state index contributed by atoms with van der Waals surface area (Å²) in [6, 6.07) is 6.37. The van der Waals surface area contributed by atoms with E-state index in [1.807, 2.05) is 0 Å². The van der Waals surface area contributed by atoms with E-state index in [1.54, 1.807) is 18.2 Å². The number of amides is 3. The van der Waals surface area contributed by atoms with Gasteiger partial charge in [-0.2, -0.15) is 0 Å². The zero-order chi connectivity index (χ0) is 17.5. The Labute approximate surface area is 142 Å². The van der Waals surface area contributed by atoms with Crippen molar-refractivity contribution in [1.29, 1.82) is 0 Å². The number of carbonyl (C=O) groups is 4. The smallest absolute Gasteiger partial charge is 0.338 e. The Morgan fingerprint density at radius 3 is 2.79 bits per heavy atom. The van der Waals surface area contributed by atoms with Crippen molar-refractivity contribution >= 4 is 34.8 Å². The van der Waals surface area contributed by atoms with Gasteiger partial charge in [-0.15, -0.1) is 0 Å². The van der Waals surface area contributed by atoms with Crippen molar-refractivity contribution in [3.05, 3.63) is 29.8 Å². The first-order valence-corrected chi connectivity index (χ1v) is 8.05. The summed E-state index contributed by atoms with van der Waals surface area (Å²) in [4.78, 5) is 47.3. The van der Waals surface area contributed by atoms with Gasteiger partial charge in [-0.25, -0.2) is 4.79 Å². The highest BCUT2D eigenvalue weighted by molar-refractivity contribution is 8.14. The average molecular weight is 352 g/mol. The van der Waals surface area contributed by atoms with Gasteiger partial charge in [0.05, 0.1) is 18.4 Å². The first kappa shape index (κ1) is 17.8. The van der Waals surface area contributed by atoms with E-state index < -0.39 is 18.5 Å². The second-order valence-electron chi connectivity index (χ2n) is 4.76. The monoisotopic (exact) mass is 352 g/mol. The molecule has 1 heterocycles. The van der Waals surface area contributed by atoms with Crippen LogP contribution in [-0.4, -0.2) is 60.5 Å². The van der Waals surface area contributed by atoms with Gasteiger partial charge in [-0.05, 0) is 18.2 Å². The largest absolute Gasteiger partial charge is 0.497 e. The van der Waals surface area contributed by atoms with Crippen LogP contribution in [0.4, 0.5) is 4.79 Å². The van der Waals surface area contributed by atoms with Gasteiger partial charge in [0.15, 0.2) is 6.61 Å². The molecule has 2 rings (SSSR count). The van der Waals surface area contributed by atoms with E-state index in [1.165, 1.54) is 13.2 Å². The van der Waals surface area contributed by atoms with Crippen molar-refractivity contribution < 1.29 is 28.7 Å². The molecule has 3 amide bonds. The predicted octanol–water partition coefficient (Wildman–Crippen LogP) is 0.664. The van der Waals surface area contributed by atoms with E-state index in [4.69, 9.17) is 9.47 Å². The molecule has 1 saturated heterocycles. The molecule has 0 aromatic heterocycles. The molecule has 1 aromatic rings. The zero-order valence-electron chi connectivity index (χ0n) is 12.9. The second-order valence-corrected chi connectivity index (χ2v) is 5.68. The fraction of sp³-hybridized carbons (Fsp3) is 0.333. The van der Waals surface area contributed by atoms with Gasteiger partial charge in [0.1, 0.15) is 5.75 Å². The number of hydrogen-bond acceptors (Lipinski definition) is 7. The van der Waals surface area contributed by atoms with Crippen molar-refractivity contribution in [2.45, 2.75) is 0 Å². The van der Waals surface area contributed by atoms with Crippen LogP contribution in [0.25, 0.3) is 0 Å². The molecule has 24 heavy (non-hydrogen) atoms. The predicted molar refractivity (Wildman–Crippen MR) is 85.9 cm³/mol. The van der Waals surface area contributed by atoms with E-state index >= 15 is 0 Å². The lowest BCUT2D eigenvalue weighted by molar-refractivity contribution is -0.126. The summed E-state index contributed by atoms with van der Waals surface area (Å²) in [5, 5.41) is 2.16. The number of benzene rings is 1. The lowest BCUT2D eigenvalue weighted by Crippen LogP contribution is -2.38. The number of hydrogen-bond donors (Lipinski definition) is 1. The van der Waals surface area contributed by atoms with Crippen molar-refractivity contribution in [2.75, 3.05) is 32.6 Å². The van der Waals surface area contributed by atoms with Crippen LogP contribution in [0, 0.1) is 0 Å². The summed E-state index contributed by atoms with van der Waals surface area (Å²) in [7, 11) is 1.48. The summed E-state index contributed by atoms with van der Waals surface area (Å²) in [5.41, 5.74) is 0.271. The Morgan fingerprint density at radius 1 is 1.33 bits per heavy atom. The molecule has 1 aromatic carbocycles. The minimum Gasteiger partial charge on any atom is -0.497 e. The molecule has 9 heteroatoms. The van der Waals surface area contributed by atoms with Crippen LogP contribution in [0.3, 0.4) is 0 Å². The van der Waals surface area contributed by atoms with Crippen LogP contribution < -0.4 is 10.1 Å². The molecule has 0 bridgehead atoms. The highest BCUT2D eigenvalue weighted by atomic mass is 32.2. The molecule has 0 spiro atoms. The van der Waals surface area contributed by atoms with Crippen molar-refractivity contribution in [3.8, 4) is 5.75 Å². The van der Waals surface area contributed by atoms with E-state index in [2.05, 4.69) is 5.32 Å². The SMILES string of the molecule is COc1cccc(C(=O)OCC(=O)NCCN2C(=O)CSC2=O)c1. The Morgan fingerprint density at radius 2 is 2.12 bits per heavy atom. The fourth-order valence-electron chi connectivity index (χ4n) is 1.92. The molecule has 1 aliphatic heterocycles.